The van der Waals surface area contributed by atoms with Gasteiger partial charge < -0.3 is 14.2 Å². The van der Waals surface area contributed by atoms with E-state index < -0.39 is 0 Å². The number of hydrogen-bond donors (Lipinski definition) is 0. The highest BCUT2D eigenvalue weighted by molar-refractivity contribution is 5.71. The highest BCUT2D eigenvalue weighted by atomic mass is 16.7. The van der Waals surface area contributed by atoms with Crippen LogP contribution in [0.2, 0.25) is 0 Å². The molecule has 0 heterocycles. The summed E-state index contributed by atoms with van der Waals surface area (Å²) in [6, 6.07) is 0. The van der Waals surface area contributed by atoms with Gasteiger partial charge in [0.2, 0.25) is 0 Å². The van der Waals surface area contributed by atoms with Crippen molar-refractivity contribution in [2.75, 3.05) is 26.6 Å². The molecule has 0 aliphatic rings. The molecule has 14 heavy (non-hydrogen) atoms. The average molecular weight is 204 g/mol. The molecule has 4 heteroatoms. The molecule has 0 spiro atoms. The molecule has 0 aromatic heterocycles. The van der Waals surface area contributed by atoms with Crippen LogP contribution < -0.4 is 0 Å². The molecule has 0 aromatic rings. The predicted molar refractivity (Wildman–Crippen MR) is 52.9 cm³/mol. The van der Waals surface area contributed by atoms with E-state index in [-0.39, 0.29) is 18.7 Å². The Labute approximate surface area is 85.5 Å². The van der Waals surface area contributed by atoms with Gasteiger partial charge in [0.1, 0.15) is 13.4 Å². The minimum Gasteiger partial charge on any atom is -0.463 e. The quantitative estimate of drug-likeness (QED) is 0.342. The molecule has 0 aliphatic heterocycles. The van der Waals surface area contributed by atoms with Gasteiger partial charge in [-0.15, -0.1) is 0 Å². The number of rotatable bonds is 8. The normalized spacial score (nSPS) is 12.5. The summed E-state index contributed by atoms with van der Waals surface area (Å²) in [5, 5.41) is 0. The summed E-state index contributed by atoms with van der Waals surface area (Å²) in [6.07, 6.45) is 0.804. The fraction of sp³-hybridized carbons (Fsp3) is 0.900. The van der Waals surface area contributed by atoms with E-state index in [9.17, 15) is 4.79 Å². The molecule has 0 amide bonds. The maximum Gasteiger partial charge on any atom is 0.308 e. The van der Waals surface area contributed by atoms with E-state index in [1.807, 2.05) is 20.8 Å². The largest absolute Gasteiger partial charge is 0.463 e. The van der Waals surface area contributed by atoms with Gasteiger partial charge in [-0.25, -0.2) is 0 Å². The highest BCUT2D eigenvalue weighted by Gasteiger charge is 2.10. The van der Waals surface area contributed by atoms with E-state index in [2.05, 4.69) is 0 Å². The standard InChI is InChI=1S/C10H20O4/c1-4-9(3)10(11)14-7-6-13-8-12-5-2/h9H,4-8H2,1-3H3. The fourth-order valence-corrected chi connectivity index (χ4v) is 0.711. The summed E-state index contributed by atoms with van der Waals surface area (Å²) >= 11 is 0. The van der Waals surface area contributed by atoms with Crippen LogP contribution in [0, 0.1) is 5.92 Å². The van der Waals surface area contributed by atoms with Crippen LogP contribution in [0.1, 0.15) is 27.2 Å². The molecule has 0 rings (SSSR count). The number of ether oxygens (including phenoxy) is 3. The molecule has 1 atom stereocenters. The van der Waals surface area contributed by atoms with Crippen LogP contribution in [-0.4, -0.2) is 32.6 Å². The Bertz CT molecular complexity index is 147. The fourth-order valence-electron chi connectivity index (χ4n) is 0.711. The molecule has 1 unspecified atom stereocenters. The Morgan fingerprint density at radius 2 is 1.93 bits per heavy atom. The third-order valence-electron chi connectivity index (χ3n) is 1.86. The summed E-state index contributed by atoms with van der Waals surface area (Å²) in [4.78, 5) is 11.2. The second-order valence-electron chi connectivity index (χ2n) is 3.00. The van der Waals surface area contributed by atoms with E-state index in [0.29, 0.717) is 19.8 Å². The maximum atomic E-state index is 11.2. The van der Waals surface area contributed by atoms with Gasteiger partial charge in [-0.2, -0.15) is 0 Å². The van der Waals surface area contributed by atoms with Crippen LogP contribution >= 0.6 is 0 Å². The summed E-state index contributed by atoms with van der Waals surface area (Å²) in [7, 11) is 0. The summed E-state index contributed by atoms with van der Waals surface area (Å²) in [5.41, 5.74) is 0. The molecule has 0 aromatic carbocycles. The van der Waals surface area contributed by atoms with Crippen LogP contribution in [0.15, 0.2) is 0 Å². The van der Waals surface area contributed by atoms with Gasteiger partial charge in [-0.3, -0.25) is 4.79 Å². The van der Waals surface area contributed by atoms with Crippen LogP contribution in [-0.2, 0) is 19.0 Å². The first-order valence-corrected chi connectivity index (χ1v) is 5.04. The summed E-state index contributed by atoms with van der Waals surface area (Å²) in [5.74, 6) is -0.186. The first-order chi connectivity index (χ1) is 6.72. The minimum atomic E-state index is -0.160. The Kier molecular flexibility index (Phi) is 8.57. The number of carbonyl (C=O) groups is 1. The van der Waals surface area contributed by atoms with Crippen LogP contribution in [0.3, 0.4) is 0 Å². The monoisotopic (exact) mass is 204 g/mol. The van der Waals surface area contributed by atoms with Crippen molar-refractivity contribution >= 4 is 5.97 Å². The SMILES string of the molecule is CCOCOCCOC(=O)C(C)CC. The molecule has 0 saturated heterocycles. The predicted octanol–water partition coefficient (Wildman–Crippen LogP) is 1.59. The lowest BCUT2D eigenvalue weighted by Gasteiger charge is -2.09. The zero-order chi connectivity index (χ0) is 10.8. The van der Waals surface area contributed by atoms with Gasteiger partial charge in [0, 0.05) is 6.61 Å². The van der Waals surface area contributed by atoms with Crippen molar-refractivity contribution in [3.05, 3.63) is 0 Å². The lowest BCUT2D eigenvalue weighted by atomic mass is 10.1. The number of esters is 1. The first kappa shape index (κ1) is 13.4. The van der Waals surface area contributed by atoms with Crippen molar-refractivity contribution in [1.82, 2.24) is 0 Å². The van der Waals surface area contributed by atoms with Crippen molar-refractivity contribution in [3.63, 3.8) is 0 Å². The van der Waals surface area contributed by atoms with Gasteiger partial charge in [0.15, 0.2) is 0 Å². The summed E-state index contributed by atoms with van der Waals surface area (Å²) in [6.45, 7) is 7.29. The summed E-state index contributed by atoms with van der Waals surface area (Å²) < 4.78 is 14.9. The van der Waals surface area contributed by atoms with Crippen molar-refractivity contribution in [3.8, 4) is 0 Å². The minimum absolute atomic E-state index is 0.0260. The van der Waals surface area contributed by atoms with E-state index >= 15 is 0 Å². The number of hydrogen-bond acceptors (Lipinski definition) is 4. The molecule has 0 fully saturated rings. The number of carbonyl (C=O) groups excluding carboxylic acids is 1. The smallest absolute Gasteiger partial charge is 0.308 e. The third kappa shape index (κ3) is 6.86. The molecule has 4 nitrogen and oxygen atoms in total. The topological polar surface area (TPSA) is 44.8 Å². The van der Waals surface area contributed by atoms with Crippen LogP contribution in [0.4, 0.5) is 0 Å². The van der Waals surface area contributed by atoms with Crippen molar-refractivity contribution in [2.24, 2.45) is 5.92 Å². The van der Waals surface area contributed by atoms with E-state index in [1.165, 1.54) is 0 Å². The van der Waals surface area contributed by atoms with Gasteiger partial charge in [0.05, 0.1) is 12.5 Å². The molecule has 84 valence electrons. The van der Waals surface area contributed by atoms with Gasteiger partial charge in [-0.1, -0.05) is 13.8 Å². The van der Waals surface area contributed by atoms with Gasteiger partial charge >= 0.3 is 5.97 Å². The van der Waals surface area contributed by atoms with Crippen LogP contribution in [0.5, 0.6) is 0 Å². The maximum absolute atomic E-state index is 11.2. The molecule has 0 aliphatic carbocycles. The van der Waals surface area contributed by atoms with Crippen LogP contribution in [0.25, 0.3) is 0 Å². The third-order valence-corrected chi connectivity index (χ3v) is 1.86. The Morgan fingerprint density at radius 1 is 1.21 bits per heavy atom. The Morgan fingerprint density at radius 3 is 2.50 bits per heavy atom. The van der Waals surface area contributed by atoms with Crippen molar-refractivity contribution < 1.29 is 19.0 Å². The molecular weight excluding hydrogens is 184 g/mol. The molecule has 0 radical (unpaired) electrons. The van der Waals surface area contributed by atoms with E-state index in [4.69, 9.17) is 14.2 Å². The lowest BCUT2D eigenvalue weighted by molar-refractivity contribution is -0.151. The van der Waals surface area contributed by atoms with E-state index in [0.717, 1.165) is 6.42 Å². The molecule has 0 N–H and O–H groups in total. The average Bonchev–Trinajstić information content (AvgIpc) is 2.21. The molecule has 0 saturated carbocycles. The van der Waals surface area contributed by atoms with Gasteiger partial charge in [0.25, 0.3) is 0 Å². The van der Waals surface area contributed by atoms with E-state index in [1.54, 1.807) is 0 Å². The lowest BCUT2D eigenvalue weighted by Crippen LogP contribution is -2.17. The Hall–Kier alpha value is -0.610. The Balaban J connectivity index is 3.23. The van der Waals surface area contributed by atoms with Crippen molar-refractivity contribution in [2.45, 2.75) is 27.2 Å². The van der Waals surface area contributed by atoms with Crippen molar-refractivity contribution in [1.29, 1.82) is 0 Å². The molecule has 0 bridgehead atoms. The van der Waals surface area contributed by atoms with Gasteiger partial charge in [-0.05, 0) is 13.3 Å². The second-order valence-corrected chi connectivity index (χ2v) is 3.00. The second kappa shape index (κ2) is 8.97. The highest BCUT2D eigenvalue weighted by Crippen LogP contribution is 2.02. The zero-order valence-electron chi connectivity index (χ0n) is 9.25. The first-order valence-electron chi connectivity index (χ1n) is 5.04. The molecular formula is C10H20O4. The zero-order valence-corrected chi connectivity index (χ0v) is 9.25.